The molecule has 1 aromatic rings. The van der Waals surface area contributed by atoms with Gasteiger partial charge in [-0.05, 0) is 12.6 Å². The van der Waals surface area contributed by atoms with Gasteiger partial charge in [-0.2, -0.15) is 0 Å². The zero-order valence-corrected chi connectivity index (χ0v) is 7.09. The minimum Gasteiger partial charge on any atom is -0.384 e. The largest absolute Gasteiger partial charge is 0.384 e. The molecule has 64 valence electrons. The van der Waals surface area contributed by atoms with E-state index >= 15 is 0 Å². The number of rotatable bonds is 3. The van der Waals surface area contributed by atoms with Crippen LogP contribution in [0.25, 0.3) is 0 Å². The zero-order valence-electron chi connectivity index (χ0n) is 7.09. The summed E-state index contributed by atoms with van der Waals surface area (Å²) in [6, 6.07) is 7.65. The van der Waals surface area contributed by atoms with Gasteiger partial charge in [-0.15, -0.1) is 0 Å². The molecule has 4 N–H and O–H groups in total. The molecule has 0 unspecified atom stereocenters. The van der Waals surface area contributed by atoms with E-state index in [1.54, 1.807) is 0 Å². The highest BCUT2D eigenvalue weighted by Crippen LogP contribution is 2.06. The van der Waals surface area contributed by atoms with E-state index in [0.717, 1.165) is 17.7 Å². The van der Waals surface area contributed by atoms with Gasteiger partial charge in [0.15, 0.2) is 0 Å². The van der Waals surface area contributed by atoms with Gasteiger partial charge < -0.3 is 11.1 Å². The predicted octanol–water partition coefficient (Wildman–Crippen LogP) is 0.690. The number of nitrogen functional groups attached to an aromatic ring is 1. The summed E-state index contributed by atoms with van der Waals surface area (Å²) in [4.78, 5) is 0. The van der Waals surface area contributed by atoms with E-state index in [2.05, 4.69) is 5.32 Å². The third-order valence-electron chi connectivity index (χ3n) is 1.67. The number of benzene rings is 1. The van der Waals surface area contributed by atoms with Gasteiger partial charge in [0.1, 0.15) is 5.84 Å². The first-order valence-corrected chi connectivity index (χ1v) is 3.82. The molecule has 3 heteroatoms. The molecule has 0 aliphatic carbocycles. The summed E-state index contributed by atoms with van der Waals surface area (Å²) in [5.41, 5.74) is 7.27. The molecular formula is C9H13N3. The van der Waals surface area contributed by atoms with Crippen LogP contribution >= 0.6 is 0 Å². The Morgan fingerprint density at radius 1 is 1.50 bits per heavy atom. The molecule has 0 amide bonds. The predicted molar refractivity (Wildman–Crippen MR) is 50.2 cm³/mol. The van der Waals surface area contributed by atoms with Crippen molar-refractivity contribution in [1.82, 2.24) is 5.32 Å². The van der Waals surface area contributed by atoms with E-state index in [9.17, 15) is 0 Å². The van der Waals surface area contributed by atoms with Gasteiger partial charge in [0.25, 0.3) is 0 Å². The highest BCUT2D eigenvalue weighted by molar-refractivity contribution is 5.96. The molecule has 0 saturated heterocycles. The Hall–Kier alpha value is -1.35. The standard InChI is InChI=1S/C9H13N3/c1-12-6-7-4-2-3-5-8(7)9(10)11/h2-5,12H,6H2,1H3,(H3,10,11). The van der Waals surface area contributed by atoms with E-state index in [4.69, 9.17) is 11.1 Å². The summed E-state index contributed by atoms with van der Waals surface area (Å²) in [7, 11) is 1.87. The van der Waals surface area contributed by atoms with E-state index in [1.165, 1.54) is 0 Å². The van der Waals surface area contributed by atoms with Gasteiger partial charge in [-0.1, -0.05) is 24.3 Å². The molecule has 0 bridgehead atoms. The van der Waals surface area contributed by atoms with Crippen LogP contribution in [0.1, 0.15) is 11.1 Å². The second-order valence-corrected chi connectivity index (χ2v) is 2.60. The number of hydrogen-bond donors (Lipinski definition) is 3. The second-order valence-electron chi connectivity index (χ2n) is 2.60. The Morgan fingerprint density at radius 2 is 2.17 bits per heavy atom. The molecule has 3 nitrogen and oxygen atoms in total. The molecule has 0 fully saturated rings. The van der Waals surface area contributed by atoms with Gasteiger partial charge in [0.05, 0.1) is 0 Å². The van der Waals surface area contributed by atoms with Gasteiger partial charge in [-0.25, -0.2) is 0 Å². The van der Waals surface area contributed by atoms with Crippen LogP contribution in [0.4, 0.5) is 0 Å². The highest BCUT2D eigenvalue weighted by Gasteiger charge is 2.01. The minimum absolute atomic E-state index is 0.126. The minimum atomic E-state index is 0.126. The Morgan fingerprint density at radius 3 is 2.75 bits per heavy atom. The van der Waals surface area contributed by atoms with Crippen molar-refractivity contribution in [3.8, 4) is 0 Å². The molecule has 0 spiro atoms. The molecule has 0 aromatic heterocycles. The van der Waals surface area contributed by atoms with E-state index in [1.807, 2.05) is 31.3 Å². The van der Waals surface area contributed by atoms with Crippen LogP contribution in [0, 0.1) is 5.41 Å². The first-order chi connectivity index (χ1) is 5.75. The van der Waals surface area contributed by atoms with Crippen molar-refractivity contribution in [3.05, 3.63) is 35.4 Å². The van der Waals surface area contributed by atoms with E-state index in [-0.39, 0.29) is 5.84 Å². The maximum atomic E-state index is 7.30. The number of nitrogens with two attached hydrogens (primary N) is 1. The summed E-state index contributed by atoms with van der Waals surface area (Å²) in [6.45, 7) is 0.746. The summed E-state index contributed by atoms with van der Waals surface area (Å²) in [6.07, 6.45) is 0. The third kappa shape index (κ3) is 1.83. The Balaban J connectivity index is 3.00. The van der Waals surface area contributed by atoms with Crippen molar-refractivity contribution >= 4 is 5.84 Å². The molecule has 0 saturated carbocycles. The van der Waals surface area contributed by atoms with Crippen molar-refractivity contribution in [1.29, 1.82) is 5.41 Å². The van der Waals surface area contributed by atoms with Crippen molar-refractivity contribution in [3.63, 3.8) is 0 Å². The normalized spacial score (nSPS) is 9.75. The Labute approximate surface area is 72.1 Å². The molecular weight excluding hydrogens is 150 g/mol. The molecule has 12 heavy (non-hydrogen) atoms. The first kappa shape index (κ1) is 8.74. The van der Waals surface area contributed by atoms with Crippen LogP contribution in [0.3, 0.4) is 0 Å². The SMILES string of the molecule is CNCc1ccccc1C(=N)N. The topological polar surface area (TPSA) is 61.9 Å². The molecule has 0 aliphatic rings. The van der Waals surface area contributed by atoms with Crippen molar-refractivity contribution in [2.24, 2.45) is 5.73 Å². The molecule has 1 rings (SSSR count). The maximum absolute atomic E-state index is 7.30. The molecule has 0 atom stereocenters. The summed E-state index contributed by atoms with van der Waals surface area (Å²) >= 11 is 0. The maximum Gasteiger partial charge on any atom is 0.123 e. The van der Waals surface area contributed by atoms with Crippen LogP contribution in [0.15, 0.2) is 24.3 Å². The van der Waals surface area contributed by atoms with Gasteiger partial charge in [0.2, 0.25) is 0 Å². The fourth-order valence-electron chi connectivity index (χ4n) is 1.13. The van der Waals surface area contributed by atoms with Crippen LogP contribution in [0.2, 0.25) is 0 Å². The van der Waals surface area contributed by atoms with Crippen molar-refractivity contribution < 1.29 is 0 Å². The lowest BCUT2D eigenvalue weighted by Crippen LogP contribution is -2.16. The smallest absolute Gasteiger partial charge is 0.123 e. The average molecular weight is 163 g/mol. The first-order valence-electron chi connectivity index (χ1n) is 3.82. The number of nitrogens with one attached hydrogen (secondary N) is 2. The summed E-state index contributed by atoms with van der Waals surface area (Å²) in [5.74, 6) is 0.126. The van der Waals surface area contributed by atoms with E-state index < -0.39 is 0 Å². The zero-order chi connectivity index (χ0) is 8.97. The third-order valence-corrected chi connectivity index (χ3v) is 1.67. The van der Waals surface area contributed by atoms with Crippen molar-refractivity contribution in [2.75, 3.05) is 7.05 Å². The lowest BCUT2D eigenvalue weighted by molar-refractivity contribution is 0.816. The lowest BCUT2D eigenvalue weighted by Gasteiger charge is -2.06. The van der Waals surface area contributed by atoms with Gasteiger partial charge in [-0.3, -0.25) is 5.41 Å². The molecule has 1 aromatic carbocycles. The van der Waals surface area contributed by atoms with Gasteiger partial charge in [0, 0.05) is 12.1 Å². The summed E-state index contributed by atoms with van der Waals surface area (Å²) < 4.78 is 0. The molecule has 0 heterocycles. The second kappa shape index (κ2) is 3.88. The Bertz CT molecular complexity index is 281. The van der Waals surface area contributed by atoms with Crippen LogP contribution in [-0.4, -0.2) is 12.9 Å². The molecule has 0 radical (unpaired) electrons. The number of hydrogen-bond acceptors (Lipinski definition) is 2. The molecule has 0 aliphatic heterocycles. The van der Waals surface area contributed by atoms with E-state index in [0.29, 0.717) is 0 Å². The van der Waals surface area contributed by atoms with Gasteiger partial charge >= 0.3 is 0 Å². The van der Waals surface area contributed by atoms with Crippen molar-refractivity contribution in [2.45, 2.75) is 6.54 Å². The van der Waals surface area contributed by atoms with Crippen LogP contribution in [0.5, 0.6) is 0 Å². The monoisotopic (exact) mass is 163 g/mol. The fraction of sp³-hybridized carbons (Fsp3) is 0.222. The quantitative estimate of drug-likeness (QED) is 0.453. The average Bonchev–Trinajstić information content (AvgIpc) is 2.05. The Kier molecular flexibility index (Phi) is 2.82. The fourth-order valence-corrected chi connectivity index (χ4v) is 1.13. The number of amidine groups is 1. The lowest BCUT2D eigenvalue weighted by atomic mass is 10.1. The summed E-state index contributed by atoms with van der Waals surface area (Å²) in [5, 5.41) is 10.3. The van der Waals surface area contributed by atoms with Crippen LogP contribution in [-0.2, 0) is 6.54 Å². The highest BCUT2D eigenvalue weighted by atomic mass is 14.8. The van der Waals surface area contributed by atoms with Crippen LogP contribution < -0.4 is 11.1 Å².